The number of aliphatic hydroxyl groups is 1. The Bertz CT molecular complexity index is 285. The molecule has 1 aromatic rings. The molecule has 1 aromatic carbocycles. The highest BCUT2D eigenvalue weighted by Crippen LogP contribution is 2.05. The van der Waals surface area contributed by atoms with Crippen molar-refractivity contribution >= 4 is 0 Å². The molecule has 1 N–H and O–H groups in total. The van der Waals surface area contributed by atoms with Gasteiger partial charge in [-0.2, -0.15) is 0 Å². The molecule has 0 saturated heterocycles. The van der Waals surface area contributed by atoms with Crippen LogP contribution in [0.3, 0.4) is 0 Å². The fraction of sp³-hybridized carbons (Fsp3) is 0.538. The second-order valence-electron chi connectivity index (χ2n) is 3.79. The monoisotopic (exact) mass is 240 g/mol. The maximum Gasteiger partial charge on any atom is 0.159 e. The molecule has 0 aliphatic rings. The van der Waals surface area contributed by atoms with E-state index >= 15 is 0 Å². The molecule has 17 heavy (non-hydrogen) atoms. The lowest BCUT2D eigenvalue weighted by Crippen LogP contribution is -2.25. The van der Waals surface area contributed by atoms with E-state index in [0.717, 1.165) is 5.56 Å². The number of hydrogen-bond donors (Lipinski definition) is 1. The van der Waals surface area contributed by atoms with Crippen LogP contribution < -0.4 is 0 Å². The normalized spacial score (nSPS) is 12.9. The fourth-order valence-electron chi connectivity index (χ4n) is 1.47. The van der Waals surface area contributed by atoms with Crippen LogP contribution in [0.1, 0.15) is 12.0 Å². The average molecular weight is 240 g/mol. The summed E-state index contributed by atoms with van der Waals surface area (Å²) in [6, 6.07) is 9.85. The van der Waals surface area contributed by atoms with Crippen molar-refractivity contribution < 1.29 is 19.3 Å². The summed E-state index contributed by atoms with van der Waals surface area (Å²) < 4.78 is 15.4. The Morgan fingerprint density at radius 1 is 1.12 bits per heavy atom. The zero-order valence-corrected chi connectivity index (χ0v) is 10.3. The number of methoxy groups -OCH3 is 2. The lowest BCUT2D eigenvalue weighted by atomic mass is 10.2. The van der Waals surface area contributed by atoms with Gasteiger partial charge in [0.1, 0.15) is 0 Å². The minimum Gasteiger partial charge on any atom is -0.391 e. The van der Waals surface area contributed by atoms with Gasteiger partial charge in [-0.1, -0.05) is 30.3 Å². The summed E-state index contributed by atoms with van der Waals surface area (Å²) in [5.41, 5.74) is 1.09. The number of benzene rings is 1. The first-order chi connectivity index (χ1) is 8.26. The Morgan fingerprint density at radius 3 is 2.35 bits per heavy atom. The predicted octanol–water partition coefficient (Wildman–Crippen LogP) is 1.57. The molecule has 0 aromatic heterocycles. The largest absolute Gasteiger partial charge is 0.391 e. The Hall–Kier alpha value is -0.940. The summed E-state index contributed by atoms with van der Waals surface area (Å²) in [4.78, 5) is 0. The van der Waals surface area contributed by atoms with Crippen LogP contribution in [-0.2, 0) is 20.8 Å². The molecule has 0 bridgehead atoms. The third kappa shape index (κ3) is 5.79. The standard InChI is InChI=1S/C13H20O4/c1-15-13(16-2)8-12(14)10-17-9-11-6-4-3-5-7-11/h3-7,12-14H,8-10H2,1-2H3/t12-/m1/s1. The van der Waals surface area contributed by atoms with Gasteiger partial charge in [-0.3, -0.25) is 0 Å². The van der Waals surface area contributed by atoms with Crippen LogP contribution in [0.2, 0.25) is 0 Å². The van der Waals surface area contributed by atoms with Gasteiger partial charge < -0.3 is 19.3 Å². The first-order valence-corrected chi connectivity index (χ1v) is 5.61. The van der Waals surface area contributed by atoms with Gasteiger partial charge in [-0.15, -0.1) is 0 Å². The Labute approximate surface area is 102 Å². The highest BCUT2D eigenvalue weighted by molar-refractivity contribution is 5.13. The first-order valence-electron chi connectivity index (χ1n) is 5.61. The second kappa shape index (κ2) is 8.20. The number of hydrogen-bond acceptors (Lipinski definition) is 4. The zero-order valence-electron chi connectivity index (χ0n) is 10.3. The van der Waals surface area contributed by atoms with E-state index in [1.807, 2.05) is 30.3 Å². The molecule has 1 rings (SSSR count). The molecule has 0 amide bonds. The van der Waals surface area contributed by atoms with E-state index in [2.05, 4.69) is 0 Å². The molecule has 0 saturated carbocycles. The topological polar surface area (TPSA) is 47.9 Å². The van der Waals surface area contributed by atoms with Gasteiger partial charge in [0, 0.05) is 20.6 Å². The highest BCUT2D eigenvalue weighted by Gasteiger charge is 2.13. The van der Waals surface area contributed by atoms with E-state index < -0.39 is 6.10 Å². The number of aliphatic hydroxyl groups excluding tert-OH is 1. The summed E-state index contributed by atoms with van der Waals surface area (Å²) in [7, 11) is 3.09. The van der Waals surface area contributed by atoms with Crippen LogP contribution in [0.25, 0.3) is 0 Å². The van der Waals surface area contributed by atoms with Gasteiger partial charge >= 0.3 is 0 Å². The fourth-order valence-corrected chi connectivity index (χ4v) is 1.47. The molecule has 1 atom stereocenters. The molecule has 0 spiro atoms. The van der Waals surface area contributed by atoms with Crippen molar-refractivity contribution in [2.24, 2.45) is 0 Å². The molecule has 0 aliphatic carbocycles. The molecule has 0 fully saturated rings. The third-order valence-electron chi connectivity index (χ3n) is 2.41. The van der Waals surface area contributed by atoms with Crippen molar-refractivity contribution in [3.63, 3.8) is 0 Å². The van der Waals surface area contributed by atoms with Gasteiger partial charge in [0.25, 0.3) is 0 Å². The van der Waals surface area contributed by atoms with Crippen LogP contribution in [-0.4, -0.2) is 38.3 Å². The lowest BCUT2D eigenvalue weighted by Gasteiger charge is -2.17. The predicted molar refractivity (Wildman–Crippen MR) is 64.5 cm³/mol. The van der Waals surface area contributed by atoms with Gasteiger partial charge in [-0.05, 0) is 5.56 Å². The molecular weight excluding hydrogens is 220 g/mol. The van der Waals surface area contributed by atoms with Crippen LogP contribution in [0.15, 0.2) is 30.3 Å². The van der Waals surface area contributed by atoms with Crippen LogP contribution in [0, 0.1) is 0 Å². The van der Waals surface area contributed by atoms with Crippen molar-refractivity contribution in [2.75, 3.05) is 20.8 Å². The minimum absolute atomic E-state index is 0.276. The van der Waals surface area contributed by atoms with E-state index in [-0.39, 0.29) is 12.9 Å². The Morgan fingerprint density at radius 2 is 1.76 bits per heavy atom. The maximum atomic E-state index is 9.67. The lowest BCUT2D eigenvalue weighted by molar-refractivity contribution is -0.129. The quantitative estimate of drug-likeness (QED) is 0.701. The SMILES string of the molecule is COC(C[C@@H](O)COCc1ccccc1)OC. The first kappa shape index (κ1) is 14.1. The number of rotatable bonds is 8. The molecule has 4 nitrogen and oxygen atoms in total. The van der Waals surface area contributed by atoms with Crippen molar-refractivity contribution in [1.82, 2.24) is 0 Å². The van der Waals surface area contributed by atoms with Gasteiger partial charge in [0.05, 0.1) is 19.3 Å². The van der Waals surface area contributed by atoms with E-state index in [9.17, 15) is 5.11 Å². The summed E-state index contributed by atoms with van der Waals surface area (Å²) in [6.07, 6.45) is -0.559. The second-order valence-corrected chi connectivity index (χ2v) is 3.79. The summed E-state index contributed by atoms with van der Waals surface area (Å²) in [6.45, 7) is 0.778. The molecule has 96 valence electrons. The molecular formula is C13H20O4. The average Bonchev–Trinajstić information content (AvgIpc) is 2.37. The van der Waals surface area contributed by atoms with Crippen molar-refractivity contribution in [2.45, 2.75) is 25.4 Å². The van der Waals surface area contributed by atoms with Crippen LogP contribution >= 0.6 is 0 Å². The van der Waals surface area contributed by atoms with Gasteiger partial charge in [0.2, 0.25) is 0 Å². The zero-order chi connectivity index (χ0) is 12.5. The van der Waals surface area contributed by atoms with E-state index in [1.165, 1.54) is 0 Å². The molecule has 0 radical (unpaired) electrons. The molecule has 0 unspecified atom stereocenters. The maximum absolute atomic E-state index is 9.67. The molecule has 0 aliphatic heterocycles. The van der Waals surface area contributed by atoms with E-state index in [1.54, 1.807) is 14.2 Å². The number of ether oxygens (including phenoxy) is 3. The Kier molecular flexibility index (Phi) is 6.81. The van der Waals surface area contributed by atoms with Crippen LogP contribution in [0.5, 0.6) is 0 Å². The summed E-state index contributed by atoms with van der Waals surface area (Å²) >= 11 is 0. The van der Waals surface area contributed by atoms with E-state index in [0.29, 0.717) is 13.0 Å². The molecule has 0 heterocycles. The van der Waals surface area contributed by atoms with Gasteiger partial charge in [-0.25, -0.2) is 0 Å². The highest BCUT2D eigenvalue weighted by atomic mass is 16.7. The summed E-state index contributed by atoms with van der Waals surface area (Å²) in [5, 5.41) is 9.67. The minimum atomic E-state index is -0.580. The van der Waals surface area contributed by atoms with Crippen molar-refractivity contribution in [3.05, 3.63) is 35.9 Å². The van der Waals surface area contributed by atoms with Crippen LogP contribution in [0.4, 0.5) is 0 Å². The molecule has 4 heteroatoms. The van der Waals surface area contributed by atoms with E-state index in [4.69, 9.17) is 14.2 Å². The Balaban J connectivity index is 2.18. The van der Waals surface area contributed by atoms with Gasteiger partial charge in [0.15, 0.2) is 6.29 Å². The third-order valence-corrected chi connectivity index (χ3v) is 2.41. The van der Waals surface area contributed by atoms with Crippen molar-refractivity contribution in [1.29, 1.82) is 0 Å². The summed E-state index contributed by atoms with van der Waals surface area (Å²) in [5.74, 6) is 0. The van der Waals surface area contributed by atoms with Crippen molar-refractivity contribution in [3.8, 4) is 0 Å². The smallest absolute Gasteiger partial charge is 0.159 e.